The van der Waals surface area contributed by atoms with Gasteiger partial charge in [0.15, 0.2) is 0 Å². The molecule has 3 rings (SSSR count). The summed E-state index contributed by atoms with van der Waals surface area (Å²) in [7, 11) is 0. The highest BCUT2D eigenvalue weighted by molar-refractivity contribution is 7.12. The highest BCUT2D eigenvalue weighted by Gasteiger charge is 2.15. The molecule has 0 aliphatic heterocycles. The highest BCUT2D eigenvalue weighted by atomic mass is 32.1. The van der Waals surface area contributed by atoms with Crippen LogP contribution in [-0.4, -0.2) is 25.7 Å². The average Bonchev–Trinajstić information content (AvgIpc) is 3.21. The van der Waals surface area contributed by atoms with Crippen molar-refractivity contribution in [3.05, 3.63) is 50.4 Å². The Balaban J connectivity index is 1.69. The molecule has 1 unspecified atom stereocenters. The van der Waals surface area contributed by atoms with E-state index in [1.165, 1.54) is 16.0 Å². The van der Waals surface area contributed by atoms with E-state index in [1.807, 2.05) is 35.9 Å². The van der Waals surface area contributed by atoms with Gasteiger partial charge < -0.3 is 5.32 Å². The van der Waals surface area contributed by atoms with Crippen molar-refractivity contribution >= 4 is 28.6 Å². The van der Waals surface area contributed by atoms with Crippen molar-refractivity contribution in [3.8, 4) is 5.00 Å². The summed E-state index contributed by atoms with van der Waals surface area (Å²) in [5.74, 6) is -0.277. The van der Waals surface area contributed by atoms with Crippen molar-refractivity contribution in [1.29, 1.82) is 0 Å². The molecule has 1 amide bonds. The summed E-state index contributed by atoms with van der Waals surface area (Å²) < 4.78 is 2.23. The summed E-state index contributed by atoms with van der Waals surface area (Å²) >= 11 is 2.95. The molecule has 1 N–H and O–H groups in total. The number of hydrogen-bond acceptors (Lipinski definition) is 6. The number of carbonyl (C=O) groups excluding carboxylic acids is 1. The second-order valence-electron chi connectivity index (χ2n) is 4.59. The minimum absolute atomic E-state index is 0.101. The number of nitrogens with one attached hydrogen (secondary N) is 1. The van der Waals surface area contributed by atoms with E-state index in [1.54, 1.807) is 17.4 Å². The molecule has 1 atom stereocenters. The van der Waals surface area contributed by atoms with Gasteiger partial charge in [0.25, 0.3) is 0 Å². The Bertz CT molecular complexity index is 804. The van der Waals surface area contributed by atoms with Crippen LogP contribution in [0.5, 0.6) is 0 Å². The number of thiophene rings is 2. The Morgan fingerprint density at radius 1 is 1.27 bits per heavy atom. The smallest absolute Gasteiger partial charge is 0.347 e. The second kappa shape index (κ2) is 6.24. The fraction of sp³-hybridized carbons (Fsp3) is 0.231. The zero-order valence-electron chi connectivity index (χ0n) is 11.7. The molecule has 3 heterocycles. The molecule has 0 spiro atoms. The third-order valence-corrected chi connectivity index (χ3v) is 4.89. The number of hydrogen-bond donors (Lipinski definition) is 1. The van der Waals surface area contributed by atoms with Crippen LogP contribution in [-0.2, 0) is 11.3 Å². The monoisotopic (exact) mass is 335 g/mol. The molecular formula is C13H13N5O2S2. The molecule has 0 aliphatic carbocycles. The van der Waals surface area contributed by atoms with Gasteiger partial charge in [-0.1, -0.05) is 6.07 Å². The third kappa shape index (κ3) is 3.00. The minimum Gasteiger partial charge on any atom is -0.347 e. The molecule has 3 aromatic rings. The van der Waals surface area contributed by atoms with Crippen molar-refractivity contribution in [3.63, 3.8) is 0 Å². The SMILES string of the molecule is CC(NC(=O)Cn1nnn(-c2cccs2)c1=O)c1cccs1. The van der Waals surface area contributed by atoms with Crippen LogP contribution in [0.4, 0.5) is 0 Å². The van der Waals surface area contributed by atoms with E-state index in [4.69, 9.17) is 0 Å². The summed E-state index contributed by atoms with van der Waals surface area (Å²) in [5.41, 5.74) is -0.429. The Morgan fingerprint density at radius 2 is 2.05 bits per heavy atom. The molecule has 0 saturated carbocycles. The van der Waals surface area contributed by atoms with Crippen LogP contribution in [0.1, 0.15) is 17.8 Å². The van der Waals surface area contributed by atoms with Crippen molar-refractivity contribution in [2.45, 2.75) is 19.5 Å². The third-order valence-electron chi connectivity index (χ3n) is 3.00. The Kier molecular flexibility index (Phi) is 4.16. The Morgan fingerprint density at radius 3 is 2.73 bits per heavy atom. The summed E-state index contributed by atoms with van der Waals surface area (Å²) in [4.78, 5) is 25.2. The van der Waals surface area contributed by atoms with Crippen LogP contribution >= 0.6 is 22.7 Å². The first-order valence-corrected chi connectivity index (χ1v) is 8.30. The lowest BCUT2D eigenvalue weighted by molar-refractivity contribution is -0.122. The van der Waals surface area contributed by atoms with Crippen molar-refractivity contribution < 1.29 is 4.79 Å². The van der Waals surface area contributed by atoms with E-state index in [2.05, 4.69) is 15.7 Å². The normalized spacial score (nSPS) is 12.2. The molecule has 22 heavy (non-hydrogen) atoms. The largest absolute Gasteiger partial charge is 0.369 e. The molecular weight excluding hydrogens is 322 g/mol. The zero-order chi connectivity index (χ0) is 15.5. The lowest BCUT2D eigenvalue weighted by atomic mass is 10.3. The number of tetrazole rings is 1. The lowest BCUT2D eigenvalue weighted by Gasteiger charge is -2.11. The summed E-state index contributed by atoms with van der Waals surface area (Å²) in [6, 6.07) is 7.37. The quantitative estimate of drug-likeness (QED) is 0.765. The first-order valence-electron chi connectivity index (χ1n) is 6.54. The molecule has 9 heteroatoms. The maximum atomic E-state index is 12.1. The van der Waals surface area contributed by atoms with Gasteiger partial charge in [0.2, 0.25) is 5.91 Å². The fourth-order valence-electron chi connectivity index (χ4n) is 1.93. The number of carbonyl (C=O) groups is 1. The molecule has 0 radical (unpaired) electrons. The Hall–Kier alpha value is -2.26. The number of aromatic nitrogens is 4. The maximum absolute atomic E-state index is 12.1. The zero-order valence-corrected chi connectivity index (χ0v) is 13.3. The molecule has 3 aromatic heterocycles. The number of nitrogens with zero attached hydrogens (tertiary/aromatic N) is 4. The molecule has 0 saturated heterocycles. The topological polar surface area (TPSA) is 81.8 Å². The molecule has 7 nitrogen and oxygen atoms in total. The first kappa shape index (κ1) is 14.7. The van der Waals surface area contributed by atoms with Crippen LogP contribution < -0.4 is 11.0 Å². The standard InChI is InChI=1S/C13H13N5O2S2/c1-9(10-4-2-6-21-10)14-11(19)8-17-13(20)18(16-15-17)12-5-3-7-22-12/h2-7,9H,8H2,1H3,(H,14,19). The fourth-order valence-corrected chi connectivity index (χ4v) is 3.34. The van der Waals surface area contributed by atoms with E-state index in [9.17, 15) is 9.59 Å². The van der Waals surface area contributed by atoms with Crippen molar-refractivity contribution in [1.82, 2.24) is 25.1 Å². The van der Waals surface area contributed by atoms with Crippen LogP contribution in [0.15, 0.2) is 39.8 Å². The van der Waals surface area contributed by atoms with Gasteiger partial charge in [-0.3, -0.25) is 4.79 Å². The van der Waals surface area contributed by atoms with Gasteiger partial charge in [-0.15, -0.1) is 22.7 Å². The van der Waals surface area contributed by atoms with Gasteiger partial charge in [0, 0.05) is 4.88 Å². The number of amides is 1. The predicted molar refractivity (Wildman–Crippen MR) is 84.4 cm³/mol. The average molecular weight is 335 g/mol. The highest BCUT2D eigenvalue weighted by Crippen LogP contribution is 2.17. The molecule has 0 bridgehead atoms. The van der Waals surface area contributed by atoms with E-state index >= 15 is 0 Å². The maximum Gasteiger partial charge on any atom is 0.369 e. The van der Waals surface area contributed by atoms with E-state index in [-0.39, 0.29) is 18.5 Å². The summed E-state index contributed by atoms with van der Waals surface area (Å²) in [5, 5.41) is 14.8. The van der Waals surface area contributed by atoms with Crippen LogP contribution in [0.2, 0.25) is 0 Å². The van der Waals surface area contributed by atoms with Gasteiger partial charge in [-0.25, -0.2) is 4.79 Å². The van der Waals surface area contributed by atoms with Gasteiger partial charge in [0.05, 0.1) is 6.04 Å². The predicted octanol–water partition coefficient (Wildman–Crippen LogP) is 1.43. The Labute approximate surface area is 133 Å². The van der Waals surface area contributed by atoms with E-state index in [0.29, 0.717) is 5.00 Å². The summed E-state index contributed by atoms with van der Waals surface area (Å²) in [6.07, 6.45) is 0. The van der Waals surface area contributed by atoms with Crippen LogP contribution in [0.3, 0.4) is 0 Å². The molecule has 0 aliphatic rings. The van der Waals surface area contributed by atoms with Crippen molar-refractivity contribution in [2.75, 3.05) is 0 Å². The first-order chi connectivity index (χ1) is 10.6. The van der Waals surface area contributed by atoms with Crippen molar-refractivity contribution in [2.24, 2.45) is 0 Å². The minimum atomic E-state index is -0.429. The number of rotatable bonds is 5. The van der Waals surface area contributed by atoms with Crippen LogP contribution in [0.25, 0.3) is 5.00 Å². The molecule has 114 valence electrons. The van der Waals surface area contributed by atoms with Gasteiger partial charge >= 0.3 is 5.69 Å². The van der Waals surface area contributed by atoms with E-state index in [0.717, 1.165) is 9.56 Å². The summed E-state index contributed by atoms with van der Waals surface area (Å²) in [6.45, 7) is 1.74. The van der Waals surface area contributed by atoms with Gasteiger partial charge in [-0.05, 0) is 46.3 Å². The molecule has 0 aromatic carbocycles. The van der Waals surface area contributed by atoms with Crippen LogP contribution in [0, 0.1) is 0 Å². The second-order valence-corrected chi connectivity index (χ2v) is 6.49. The van der Waals surface area contributed by atoms with Gasteiger partial charge in [-0.2, -0.15) is 9.36 Å². The van der Waals surface area contributed by atoms with E-state index < -0.39 is 5.69 Å². The van der Waals surface area contributed by atoms with Gasteiger partial charge in [0.1, 0.15) is 11.5 Å². The lowest BCUT2D eigenvalue weighted by Crippen LogP contribution is -2.34. The molecule has 0 fully saturated rings.